The molecule has 0 spiro atoms. The van der Waals surface area contributed by atoms with Crippen molar-refractivity contribution in [3.63, 3.8) is 0 Å². The van der Waals surface area contributed by atoms with Crippen LogP contribution in [0.15, 0.2) is 36.4 Å². The van der Waals surface area contributed by atoms with Crippen LogP contribution in [0.5, 0.6) is 0 Å². The summed E-state index contributed by atoms with van der Waals surface area (Å²) >= 11 is 6.27. The Morgan fingerprint density at radius 3 is 2.77 bits per heavy atom. The molecule has 4 rings (SSSR count). The summed E-state index contributed by atoms with van der Waals surface area (Å²) in [6.45, 7) is 1.54. The van der Waals surface area contributed by atoms with Gasteiger partial charge in [0.25, 0.3) is 0 Å². The first-order chi connectivity index (χ1) is 12.4. The van der Waals surface area contributed by atoms with Crippen LogP contribution >= 0.6 is 11.6 Å². The summed E-state index contributed by atoms with van der Waals surface area (Å²) in [5.41, 5.74) is 5.85. The van der Waals surface area contributed by atoms with Gasteiger partial charge in [0.1, 0.15) is 0 Å². The van der Waals surface area contributed by atoms with Crippen LogP contribution in [-0.4, -0.2) is 31.1 Å². The second-order valence-corrected chi connectivity index (χ2v) is 7.91. The summed E-state index contributed by atoms with van der Waals surface area (Å²) in [5.74, 6) is 0. The summed E-state index contributed by atoms with van der Waals surface area (Å²) in [5, 5.41) is 4.34. The number of halogens is 1. The maximum atomic E-state index is 11.2. The van der Waals surface area contributed by atoms with E-state index in [4.69, 9.17) is 16.2 Å². The van der Waals surface area contributed by atoms with E-state index in [9.17, 15) is 8.42 Å². The molecule has 0 atom stereocenters. The van der Waals surface area contributed by atoms with E-state index in [1.54, 1.807) is 12.1 Å². The number of anilines is 1. The molecule has 3 aromatic rings. The minimum Gasteiger partial charge on any atom is -0.336 e. The normalized spacial score (nSPS) is 13.0. The number of benzene rings is 2. The predicted molar refractivity (Wildman–Crippen MR) is 104 cm³/mol. The molecule has 0 aliphatic carbocycles. The smallest absolute Gasteiger partial charge is 0.336 e. The highest BCUT2D eigenvalue weighted by molar-refractivity contribution is 7.87. The van der Waals surface area contributed by atoms with Gasteiger partial charge in [0.2, 0.25) is 0 Å². The van der Waals surface area contributed by atoms with Gasteiger partial charge in [-0.05, 0) is 43.3 Å². The van der Waals surface area contributed by atoms with E-state index in [1.807, 2.05) is 19.2 Å². The van der Waals surface area contributed by atoms with E-state index >= 15 is 0 Å². The van der Waals surface area contributed by atoms with Crippen molar-refractivity contribution in [2.75, 3.05) is 18.3 Å². The van der Waals surface area contributed by atoms with Gasteiger partial charge in [-0.2, -0.15) is 8.42 Å². The van der Waals surface area contributed by atoms with Gasteiger partial charge in [-0.3, -0.25) is 9.27 Å². The lowest BCUT2D eigenvalue weighted by atomic mass is 10.00. The van der Waals surface area contributed by atoms with E-state index in [0.717, 1.165) is 41.7 Å². The van der Waals surface area contributed by atoms with Crippen LogP contribution in [0.4, 0.5) is 5.69 Å². The summed E-state index contributed by atoms with van der Waals surface area (Å²) in [7, 11) is -2.50. The molecule has 0 saturated heterocycles. The molecule has 2 aromatic carbocycles. The number of nitrogens with zero attached hydrogens (tertiary/aromatic N) is 1. The van der Waals surface area contributed by atoms with Crippen LogP contribution in [0.25, 0.3) is 22.2 Å². The molecule has 0 radical (unpaired) electrons. The summed E-state index contributed by atoms with van der Waals surface area (Å²) in [6, 6.07) is 11.7. The quantitative estimate of drug-likeness (QED) is 0.456. The van der Waals surface area contributed by atoms with Crippen molar-refractivity contribution in [3.8, 4) is 11.3 Å². The first kappa shape index (κ1) is 17.4. The van der Waals surface area contributed by atoms with Gasteiger partial charge in [0.05, 0.1) is 21.9 Å². The largest absolute Gasteiger partial charge is 0.357 e. The van der Waals surface area contributed by atoms with Gasteiger partial charge in [0, 0.05) is 17.5 Å². The van der Waals surface area contributed by atoms with Crippen LogP contribution < -0.4 is 10.0 Å². The van der Waals surface area contributed by atoms with E-state index in [1.165, 1.54) is 11.1 Å². The van der Waals surface area contributed by atoms with Crippen molar-refractivity contribution in [2.45, 2.75) is 13.0 Å². The lowest BCUT2D eigenvalue weighted by Crippen LogP contribution is -2.11. The highest BCUT2D eigenvalue weighted by atomic mass is 35.5. The fourth-order valence-electron chi connectivity index (χ4n) is 3.69. The lowest BCUT2D eigenvalue weighted by Gasteiger charge is -2.08. The molecule has 0 fully saturated rings. The van der Waals surface area contributed by atoms with Crippen molar-refractivity contribution in [1.82, 2.24) is 9.88 Å². The van der Waals surface area contributed by atoms with Crippen molar-refractivity contribution in [3.05, 3.63) is 52.5 Å². The Kier molecular flexibility index (Phi) is 4.19. The lowest BCUT2D eigenvalue weighted by molar-refractivity contribution is 0.490. The Hall–Kier alpha value is -2.06. The molecule has 0 amide bonds. The SMILES string of the molecule is CNCCc1c2n(c3cc(Cl)c(NS(=O)(=O)O)cc13)Cc1ccccc1-2. The minimum absolute atomic E-state index is 0.171. The van der Waals surface area contributed by atoms with Gasteiger partial charge in [-0.15, -0.1) is 0 Å². The standard InChI is InChI=1S/C18H18ClN3O3S/c1-20-7-6-13-14-8-16(21-26(23,24)25)15(19)9-17(14)22-10-11-4-2-3-5-12(11)18(13)22/h2-5,8-9,20-21H,6-7,10H2,1H3,(H,23,24,25). The van der Waals surface area contributed by atoms with Crippen LogP contribution in [0, 0.1) is 0 Å². The first-order valence-electron chi connectivity index (χ1n) is 8.22. The number of hydrogen-bond acceptors (Lipinski definition) is 3. The maximum Gasteiger partial charge on any atom is 0.357 e. The molecule has 1 aromatic heterocycles. The molecule has 0 unspecified atom stereocenters. The van der Waals surface area contributed by atoms with E-state index in [-0.39, 0.29) is 10.7 Å². The van der Waals surface area contributed by atoms with Gasteiger partial charge in [-0.1, -0.05) is 35.9 Å². The summed E-state index contributed by atoms with van der Waals surface area (Å²) in [6.07, 6.45) is 0.788. The molecule has 0 saturated carbocycles. The average molecular weight is 392 g/mol. The molecule has 26 heavy (non-hydrogen) atoms. The van der Waals surface area contributed by atoms with Crippen LogP contribution in [0.3, 0.4) is 0 Å². The second kappa shape index (κ2) is 6.28. The molecular formula is C18H18ClN3O3S. The highest BCUT2D eigenvalue weighted by Crippen LogP contribution is 2.43. The molecule has 1 aliphatic rings. The Bertz CT molecular complexity index is 1120. The molecule has 0 bridgehead atoms. The number of aromatic nitrogens is 1. The zero-order chi connectivity index (χ0) is 18.5. The number of fused-ring (bicyclic) bond motifs is 5. The third-order valence-corrected chi connectivity index (χ3v) is 5.51. The van der Waals surface area contributed by atoms with Crippen molar-refractivity contribution >= 4 is 38.5 Å². The molecule has 6 nitrogen and oxygen atoms in total. The Morgan fingerprint density at radius 1 is 1.27 bits per heavy atom. The maximum absolute atomic E-state index is 11.2. The van der Waals surface area contributed by atoms with Crippen molar-refractivity contribution < 1.29 is 13.0 Å². The molecule has 136 valence electrons. The van der Waals surface area contributed by atoms with Crippen LogP contribution in [-0.2, 0) is 23.3 Å². The Labute approximate surface area is 156 Å². The topological polar surface area (TPSA) is 83.4 Å². The molecule has 1 aliphatic heterocycles. The Balaban J connectivity index is 1.98. The monoisotopic (exact) mass is 391 g/mol. The number of nitrogens with one attached hydrogen (secondary N) is 2. The average Bonchev–Trinajstić information content (AvgIpc) is 3.08. The minimum atomic E-state index is -4.40. The van der Waals surface area contributed by atoms with Gasteiger partial charge < -0.3 is 9.88 Å². The summed E-state index contributed by atoms with van der Waals surface area (Å²) < 4.78 is 35.8. The fourth-order valence-corrected chi connectivity index (χ4v) is 4.40. The van der Waals surface area contributed by atoms with Crippen molar-refractivity contribution in [1.29, 1.82) is 0 Å². The zero-order valence-corrected chi connectivity index (χ0v) is 15.7. The third kappa shape index (κ3) is 2.87. The van der Waals surface area contributed by atoms with E-state index in [2.05, 4.69) is 26.7 Å². The predicted octanol–water partition coefficient (Wildman–Crippen LogP) is 3.30. The first-order valence-corrected chi connectivity index (χ1v) is 10.0. The molecule has 8 heteroatoms. The number of rotatable bonds is 5. The summed E-state index contributed by atoms with van der Waals surface area (Å²) in [4.78, 5) is 0. The fraction of sp³-hybridized carbons (Fsp3) is 0.222. The van der Waals surface area contributed by atoms with Crippen LogP contribution in [0.1, 0.15) is 11.1 Å². The van der Waals surface area contributed by atoms with Crippen LogP contribution in [0.2, 0.25) is 5.02 Å². The third-order valence-electron chi connectivity index (χ3n) is 4.72. The zero-order valence-electron chi connectivity index (χ0n) is 14.1. The number of hydrogen-bond donors (Lipinski definition) is 3. The van der Waals surface area contributed by atoms with E-state index < -0.39 is 10.3 Å². The Morgan fingerprint density at radius 2 is 2.04 bits per heavy atom. The van der Waals surface area contributed by atoms with Gasteiger partial charge in [-0.25, -0.2) is 0 Å². The molecule has 2 heterocycles. The second-order valence-electron chi connectivity index (χ2n) is 6.35. The van der Waals surface area contributed by atoms with Gasteiger partial charge in [0.15, 0.2) is 0 Å². The number of likely N-dealkylation sites (N-methyl/N-ethyl adjacent to an activating group) is 1. The highest BCUT2D eigenvalue weighted by Gasteiger charge is 2.26. The van der Waals surface area contributed by atoms with E-state index in [0.29, 0.717) is 0 Å². The molecular weight excluding hydrogens is 374 g/mol. The van der Waals surface area contributed by atoms with Crippen molar-refractivity contribution in [2.24, 2.45) is 0 Å². The van der Waals surface area contributed by atoms with Gasteiger partial charge >= 0.3 is 10.3 Å². The molecule has 3 N–H and O–H groups in total.